The lowest BCUT2D eigenvalue weighted by Crippen LogP contribution is -2.40. The van der Waals surface area contributed by atoms with Crippen molar-refractivity contribution < 1.29 is 14.3 Å². The molecular formula is C14H25ClN2O3. The summed E-state index contributed by atoms with van der Waals surface area (Å²) in [6, 6.07) is 0. The van der Waals surface area contributed by atoms with E-state index < -0.39 is 0 Å². The molecule has 0 aromatic heterocycles. The Labute approximate surface area is 126 Å². The molecule has 1 N–H and O–H groups in total. The highest BCUT2D eigenvalue weighted by molar-refractivity contribution is 5.85. The number of ether oxygens (including phenoxy) is 2. The van der Waals surface area contributed by atoms with Crippen molar-refractivity contribution in [2.45, 2.75) is 32.0 Å². The number of halogens is 1. The SMILES string of the molecule is CC(OCC1CCCO1)C(=O)N1C[C@H]2CNC[C@H]2C1.Cl. The van der Waals surface area contributed by atoms with Gasteiger partial charge < -0.3 is 19.7 Å². The van der Waals surface area contributed by atoms with Crippen molar-refractivity contribution in [3.63, 3.8) is 0 Å². The lowest BCUT2D eigenvalue weighted by Gasteiger charge is -2.23. The highest BCUT2D eigenvalue weighted by Crippen LogP contribution is 2.27. The second-order valence-corrected chi connectivity index (χ2v) is 6.03. The minimum absolute atomic E-state index is 0. The highest BCUT2D eigenvalue weighted by Gasteiger charge is 2.39. The van der Waals surface area contributed by atoms with Gasteiger partial charge in [-0.1, -0.05) is 0 Å². The zero-order valence-corrected chi connectivity index (χ0v) is 12.9. The van der Waals surface area contributed by atoms with Crippen LogP contribution in [0.1, 0.15) is 19.8 Å². The van der Waals surface area contributed by atoms with E-state index in [4.69, 9.17) is 9.47 Å². The van der Waals surface area contributed by atoms with Crippen LogP contribution in [0.3, 0.4) is 0 Å². The highest BCUT2D eigenvalue weighted by atomic mass is 35.5. The molecule has 1 amide bonds. The Balaban J connectivity index is 0.00000147. The van der Waals surface area contributed by atoms with Crippen LogP contribution in [0.5, 0.6) is 0 Å². The number of nitrogens with one attached hydrogen (secondary N) is 1. The number of fused-ring (bicyclic) bond motifs is 1. The summed E-state index contributed by atoms with van der Waals surface area (Å²) in [4.78, 5) is 14.3. The second kappa shape index (κ2) is 7.07. The van der Waals surface area contributed by atoms with Gasteiger partial charge in [0.25, 0.3) is 5.91 Å². The van der Waals surface area contributed by atoms with E-state index in [1.54, 1.807) is 0 Å². The Morgan fingerprint density at radius 2 is 2.10 bits per heavy atom. The summed E-state index contributed by atoms with van der Waals surface area (Å²) in [5, 5.41) is 3.39. The third-order valence-corrected chi connectivity index (χ3v) is 4.61. The first-order chi connectivity index (χ1) is 9.24. The fourth-order valence-corrected chi connectivity index (χ4v) is 3.39. The zero-order chi connectivity index (χ0) is 13.2. The first-order valence-corrected chi connectivity index (χ1v) is 7.46. The summed E-state index contributed by atoms with van der Waals surface area (Å²) in [5.74, 6) is 1.44. The van der Waals surface area contributed by atoms with Gasteiger partial charge in [0.15, 0.2) is 0 Å². The lowest BCUT2D eigenvalue weighted by atomic mass is 10.0. The van der Waals surface area contributed by atoms with Gasteiger partial charge in [-0.3, -0.25) is 4.79 Å². The maximum Gasteiger partial charge on any atom is 0.251 e. The minimum atomic E-state index is -0.337. The molecule has 3 aliphatic rings. The second-order valence-electron chi connectivity index (χ2n) is 6.03. The largest absolute Gasteiger partial charge is 0.376 e. The quantitative estimate of drug-likeness (QED) is 0.829. The Kier molecular flexibility index (Phi) is 5.66. The molecule has 3 aliphatic heterocycles. The van der Waals surface area contributed by atoms with Crippen LogP contribution in [0.4, 0.5) is 0 Å². The first kappa shape index (κ1) is 16.0. The van der Waals surface area contributed by atoms with Crippen LogP contribution >= 0.6 is 12.4 Å². The third kappa shape index (κ3) is 3.45. The third-order valence-electron chi connectivity index (χ3n) is 4.61. The van der Waals surface area contributed by atoms with Crippen LogP contribution in [0.25, 0.3) is 0 Å². The van der Waals surface area contributed by atoms with E-state index in [2.05, 4.69) is 5.32 Å². The number of rotatable bonds is 4. The molecule has 0 bridgehead atoms. The van der Waals surface area contributed by atoms with Crippen molar-refractivity contribution in [1.82, 2.24) is 10.2 Å². The van der Waals surface area contributed by atoms with Crippen LogP contribution in [0.2, 0.25) is 0 Å². The van der Waals surface area contributed by atoms with Crippen molar-refractivity contribution in [1.29, 1.82) is 0 Å². The van der Waals surface area contributed by atoms with Crippen molar-refractivity contribution in [2.75, 3.05) is 39.4 Å². The number of hydrogen-bond acceptors (Lipinski definition) is 4. The summed E-state index contributed by atoms with van der Waals surface area (Å²) in [6.07, 6.45) is 2.02. The number of nitrogens with zero attached hydrogens (tertiary/aromatic N) is 1. The van der Waals surface area contributed by atoms with E-state index in [1.165, 1.54) is 0 Å². The lowest BCUT2D eigenvalue weighted by molar-refractivity contribution is -0.143. The molecule has 0 aliphatic carbocycles. The van der Waals surface area contributed by atoms with Crippen LogP contribution in [0.15, 0.2) is 0 Å². The van der Waals surface area contributed by atoms with E-state index in [1.807, 2.05) is 11.8 Å². The van der Waals surface area contributed by atoms with Gasteiger partial charge >= 0.3 is 0 Å². The molecule has 3 fully saturated rings. The molecule has 3 heterocycles. The topological polar surface area (TPSA) is 50.8 Å². The molecule has 116 valence electrons. The smallest absolute Gasteiger partial charge is 0.251 e. The molecule has 0 radical (unpaired) electrons. The van der Waals surface area contributed by atoms with Gasteiger partial charge in [0, 0.05) is 32.8 Å². The van der Waals surface area contributed by atoms with Gasteiger partial charge in [-0.15, -0.1) is 12.4 Å². The molecule has 0 aromatic rings. The summed E-state index contributed by atoms with van der Waals surface area (Å²) < 4.78 is 11.2. The standard InChI is InChI=1S/C14H24N2O3.ClH/c1-10(19-9-13-3-2-4-18-13)14(17)16-7-11-5-15-6-12(11)8-16;/h10-13,15H,2-9H2,1H3;1H/t10?,11-,12+,13?;. The number of hydrogen-bond donors (Lipinski definition) is 1. The molecule has 4 atom stereocenters. The molecule has 3 saturated heterocycles. The molecule has 20 heavy (non-hydrogen) atoms. The number of likely N-dealkylation sites (tertiary alicyclic amines) is 1. The van der Waals surface area contributed by atoms with E-state index >= 15 is 0 Å². The van der Waals surface area contributed by atoms with Gasteiger partial charge in [0.1, 0.15) is 6.10 Å². The molecule has 0 spiro atoms. The molecule has 2 unspecified atom stereocenters. The van der Waals surface area contributed by atoms with Crippen molar-refractivity contribution >= 4 is 18.3 Å². The van der Waals surface area contributed by atoms with Gasteiger partial charge in [0.2, 0.25) is 0 Å². The van der Waals surface area contributed by atoms with Crippen molar-refractivity contribution in [2.24, 2.45) is 11.8 Å². The molecule has 0 saturated carbocycles. The monoisotopic (exact) mass is 304 g/mol. The fraction of sp³-hybridized carbons (Fsp3) is 0.929. The predicted octanol–water partition coefficient (Wildman–Crippen LogP) is 0.670. The molecule has 6 heteroatoms. The summed E-state index contributed by atoms with van der Waals surface area (Å²) in [6.45, 7) is 7.14. The maximum atomic E-state index is 12.3. The maximum absolute atomic E-state index is 12.3. The summed E-state index contributed by atoms with van der Waals surface area (Å²) in [7, 11) is 0. The Bertz CT molecular complexity index is 324. The van der Waals surface area contributed by atoms with Crippen molar-refractivity contribution in [3.8, 4) is 0 Å². The Morgan fingerprint density at radius 3 is 2.70 bits per heavy atom. The molecule has 5 nitrogen and oxygen atoms in total. The van der Waals surface area contributed by atoms with E-state index in [-0.39, 0.29) is 30.5 Å². The average molecular weight is 305 g/mol. The van der Waals surface area contributed by atoms with Gasteiger partial charge in [0.05, 0.1) is 12.7 Å². The zero-order valence-electron chi connectivity index (χ0n) is 12.0. The molecule has 3 rings (SSSR count). The summed E-state index contributed by atoms with van der Waals surface area (Å²) in [5.41, 5.74) is 0. The van der Waals surface area contributed by atoms with E-state index in [9.17, 15) is 4.79 Å². The minimum Gasteiger partial charge on any atom is -0.376 e. The van der Waals surface area contributed by atoms with E-state index in [0.717, 1.165) is 45.6 Å². The molecular weight excluding hydrogens is 280 g/mol. The average Bonchev–Trinajstić information content (AvgIpc) is 3.10. The van der Waals surface area contributed by atoms with E-state index in [0.29, 0.717) is 18.4 Å². The van der Waals surface area contributed by atoms with Crippen LogP contribution in [-0.4, -0.2) is 62.4 Å². The first-order valence-electron chi connectivity index (χ1n) is 7.46. The Morgan fingerprint density at radius 1 is 1.40 bits per heavy atom. The number of carbonyl (C=O) groups is 1. The van der Waals surface area contributed by atoms with Gasteiger partial charge in [-0.2, -0.15) is 0 Å². The normalized spacial score (nSPS) is 33.9. The predicted molar refractivity (Wildman–Crippen MR) is 78.1 cm³/mol. The van der Waals surface area contributed by atoms with Crippen LogP contribution < -0.4 is 5.32 Å². The van der Waals surface area contributed by atoms with Gasteiger partial charge in [-0.25, -0.2) is 0 Å². The fourth-order valence-electron chi connectivity index (χ4n) is 3.39. The number of amides is 1. The summed E-state index contributed by atoms with van der Waals surface area (Å²) >= 11 is 0. The van der Waals surface area contributed by atoms with Crippen molar-refractivity contribution in [3.05, 3.63) is 0 Å². The van der Waals surface area contributed by atoms with Crippen LogP contribution in [0, 0.1) is 11.8 Å². The Hall–Kier alpha value is -0.360. The molecule has 0 aromatic carbocycles. The van der Waals surface area contributed by atoms with Gasteiger partial charge in [-0.05, 0) is 31.6 Å². The van der Waals surface area contributed by atoms with Crippen LogP contribution in [-0.2, 0) is 14.3 Å². The number of carbonyl (C=O) groups excluding carboxylic acids is 1.